The Morgan fingerprint density at radius 2 is 1.82 bits per heavy atom. The number of anilines is 1. The maximum absolute atomic E-state index is 12.7. The highest BCUT2D eigenvalue weighted by Gasteiger charge is 2.24. The number of hydrogen-bond acceptors (Lipinski definition) is 6. The van der Waals surface area contributed by atoms with Crippen LogP contribution in [-0.4, -0.2) is 73.0 Å². The van der Waals surface area contributed by atoms with E-state index in [9.17, 15) is 4.79 Å². The van der Waals surface area contributed by atoms with Gasteiger partial charge in [-0.2, -0.15) is 0 Å². The molecule has 0 bridgehead atoms. The maximum Gasteiger partial charge on any atom is 0.236 e. The fourth-order valence-corrected chi connectivity index (χ4v) is 4.22. The topological polar surface area (TPSA) is 64.6 Å². The zero-order valence-electron chi connectivity index (χ0n) is 17.9. The Kier molecular flexibility index (Phi) is 7.24. The molecule has 28 heavy (non-hydrogen) atoms. The molecular formula is C21H36N6O. The molecule has 3 rings (SSSR count). The molecule has 2 heterocycles. The number of likely N-dealkylation sites (N-methyl/N-ethyl adjacent to an activating group) is 2. The second-order valence-electron chi connectivity index (χ2n) is 8.59. The number of nitrogens with zero attached hydrogens (tertiary/aromatic N) is 5. The summed E-state index contributed by atoms with van der Waals surface area (Å²) in [5.41, 5.74) is 0.970. The van der Waals surface area contributed by atoms with Crippen LogP contribution in [0.3, 0.4) is 0 Å². The van der Waals surface area contributed by atoms with Crippen LogP contribution in [0.5, 0.6) is 0 Å². The molecule has 0 unspecified atom stereocenters. The van der Waals surface area contributed by atoms with Gasteiger partial charge in [-0.05, 0) is 39.3 Å². The first-order chi connectivity index (χ1) is 13.4. The van der Waals surface area contributed by atoms with Gasteiger partial charge in [-0.25, -0.2) is 9.97 Å². The zero-order chi connectivity index (χ0) is 20.1. The van der Waals surface area contributed by atoms with Crippen molar-refractivity contribution in [1.82, 2.24) is 25.1 Å². The predicted octanol–water partition coefficient (Wildman–Crippen LogP) is 2.19. The number of rotatable bonds is 7. The molecule has 2 fully saturated rings. The number of hydrogen-bond donors (Lipinski definition) is 1. The highest BCUT2D eigenvalue weighted by atomic mass is 16.2. The van der Waals surface area contributed by atoms with Gasteiger partial charge in [0.25, 0.3) is 0 Å². The fraction of sp³-hybridized carbons (Fsp3) is 0.762. The van der Waals surface area contributed by atoms with Crippen molar-refractivity contribution >= 4 is 11.7 Å². The Morgan fingerprint density at radius 1 is 1.07 bits per heavy atom. The molecule has 0 spiro atoms. The van der Waals surface area contributed by atoms with E-state index in [1.165, 1.54) is 19.3 Å². The molecule has 7 heteroatoms. The summed E-state index contributed by atoms with van der Waals surface area (Å²) in [5, 5.41) is 3.49. The first-order valence-corrected chi connectivity index (χ1v) is 10.7. The van der Waals surface area contributed by atoms with Crippen molar-refractivity contribution in [2.45, 2.75) is 63.6 Å². The smallest absolute Gasteiger partial charge is 0.236 e. The molecule has 2 aliphatic rings. The van der Waals surface area contributed by atoms with Crippen LogP contribution in [-0.2, 0) is 11.3 Å². The van der Waals surface area contributed by atoms with E-state index in [-0.39, 0.29) is 11.9 Å². The summed E-state index contributed by atoms with van der Waals surface area (Å²) in [4.78, 5) is 28.3. The molecule has 0 radical (unpaired) electrons. The van der Waals surface area contributed by atoms with E-state index in [0.29, 0.717) is 19.1 Å². The average Bonchev–Trinajstić information content (AvgIpc) is 3.22. The Morgan fingerprint density at radius 3 is 2.46 bits per heavy atom. The van der Waals surface area contributed by atoms with Gasteiger partial charge in [0.15, 0.2) is 0 Å². The average molecular weight is 389 g/mol. The second kappa shape index (κ2) is 9.65. The summed E-state index contributed by atoms with van der Waals surface area (Å²) in [6, 6.07) is 2.68. The number of carbonyl (C=O) groups excluding carboxylic acids is 1. The van der Waals surface area contributed by atoms with Crippen molar-refractivity contribution in [2.75, 3.05) is 46.2 Å². The van der Waals surface area contributed by atoms with Gasteiger partial charge in [0.2, 0.25) is 5.91 Å². The van der Waals surface area contributed by atoms with Crippen LogP contribution in [0.2, 0.25) is 0 Å². The molecular weight excluding hydrogens is 352 g/mol. The van der Waals surface area contributed by atoms with E-state index in [1.807, 2.05) is 44.1 Å². The highest BCUT2D eigenvalue weighted by Crippen LogP contribution is 2.23. The van der Waals surface area contributed by atoms with Gasteiger partial charge in [-0.15, -0.1) is 0 Å². The summed E-state index contributed by atoms with van der Waals surface area (Å²) in [7, 11) is 7.97. The van der Waals surface area contributed by atoms with Gasteiger partial charge in [-0.1, -0.05) is 19.3 Å². The van der Waals surface area contributed by atoms with Gasteiger partial charge in [0.05, 0.1) is 18.3 Å². The minimum absolute atomic E-state index is 0.203. The Balaban J connectivity index is 1.63. The van der Waals surface area contributed by atoms with Crippen LogP contribution in [0.25, 0.3) is 0 Å². The lowest BCUT2D eigenvalue weighted by Crippen LogP contribution is -2.43. The van der Waals surface area contributed by atoms with E-state index in [1.54, 1.807) is 0 Å². The van der Waals surface area contributed by atoms with Crippen molar-refractivity contribution in [1.29, 1.82) is 0 Å². The van der Waals surface area contributed by atoms with Crippen LogP contribution in [0.1, 0.15) is 62.5 Å². The molecule has 1 saturated heterocycles. The monoisotopic (exact) mass is 388 g/mol. The van der Waals surface area contributed by atoms with Gasteiger partial charge in [-0.3, -0.25) is 9.69 Å². The molecule has 1 atom stereocenters. The van der Waals surface area contributed by atoms with Crippen molar-refractivity contribution in [3.05, 3.63) is 17.6 Å². The Hall–Kier alpha value is -1.73. The molecule has 1 aromatic rings. The lowest BCUT2D eigenvalue weighted by molar-refractivity contribution is -0.133. The third-order valence-electron chi connectivity index (χ3n) is 5.97. The highest BCUT2D eigenvalue weighted by molar-refractivity contribution is 5.78. The molecule has 7 nitrogen and oxygen atoms in total. The minimum atomic E-state index is 0.203. The number of nitrogens with one attached hydrogen (secondary N) is 1. The molecule has 1 saturated carbocycles. The number of aromatic nitrogens is 2. The first kappa shape index (κ1) is 21.0. The van der Waals surface area contributed by atoms with Crippen LogP contribution in [0.15, 0.2) is 6.07 Å². The van der Waals surface area contributed by atoms with E-state index < -0.39 is 0 Å². The van der Waals surface area contributed by atoms with Crippen LogP contribution in [0.4, 0.5) is 5.82 Å². The zero-order valence-corrected chi connectivity index (χ0v) is 17.9. The summed E-state index contributed by atoms with van der Waals surface area (Å²) >= 11 is 0. The quantitative estimate of drug-likeness (QED) is 0.772. The summed E-state index contributed by atoms with van der Waals surface area (Å²) < 4.78 is 0. The molecule has 1 aromatic heterocycles. The van der Waals surface area contributed by atoms with Crippen molar-refractivity contribution in [3.63, 3.8) is 0 Å². The third kappa shape index (κ3) is 5.41. The lowest BCUT2D eigenvalue weighted by atomic mass is 9.94. The van der Waals surface area contributed by atoms with Crippen LogP contribution < -0.4 is 10.2 Å². The molecule has 1 amide bonds. The normalized spacial score (nSPS) is 20.5. The molecule has 156 valence electrons. The number of amides is 1. The summed E-state index contributed by atoms with van der Waals surface area (Å²) in [6.45, 7) is 2.09. The van der Waals surface area contributed by atoms with Gasteiger partial charge < -0.3 is 15.1 Å². The number of carbonyl (C=O) groups is 1. The standard InChI is InChI=1S/C21H36N6O/c1-25(2)19-13-16(23-21(24-19)18-11-8-12-22-18)14-26(3)15-20(28)27(4)17-9-6-5-7-10-17/h13,17-18,22H,5-12,14-15H2,1-4H3/t18-/m1/s1. The Labute approximate surface area is 169 Å². The van der Waals surface area contributed by atoms with Crippen molar-refractivity contribution < 1.29 is 4.79 Å². The second-order valence-corrected chi connectivity index (χ2v) is 8.59. The van der Waals surface area contributed by atoms with Crippen LogP contribution in [0, 0.1) is 0 Å². The van der Waals surface area contributed by atoms with E-state index in [0.717, 1.165) is 49.6 Å². The molecule has 1 aliphatic heterocycles. The van der Waals surface area contributed by atoms with Gasteiger partial charge >= 0.3 is 0 Å². The minimum Gasteiger partial charge on any atom is -0.363 e. The van der Waals surface area contributed by atoms with E-state index in [2.05, 4.69) is 10.2 Å². The van der Waals surface area contributed by atoms with Crippen molar-refractivity contribution in [2.24, 2.45) is 0 Å². The molecule has 0 aromatic carbocycles. The molecule has 1 N–H and O–H groups in total. The van der Waals surface area contributed by atoms with E-state index in [4.69, 9.17) is 9.97 Å². The van der Waals surface area contributed by atoms with Gasteiger partial charge in [0, 0.05) is 39.8 Å². The fourth-order valence-electron chi connectivity index (χ4n) is 4.22. The largest absolute Gasteiger partial charge is 0.363 e. The first-order valence-electron chi connectivity index (χ1n) is 10.7. The predicted molar refractivity (Wildman–Crippen MR) is 112 cm³/mol. The molecule has 1 aliphatic carbocycles. The van der Waals surface area contributed by atoms with E-state index >= 15 is 0 Å². The SMILES string of the molecule is CN(CC(=O)N(C)C1CCCCC1)Cc1cc(N(C)C)nc([C@H]2CCCN2)n1. The lowest BCUT2D eigenvalue weighted by Gasteiger charge is -2.32. The summed E-state index contributed by atoms with van der Waals surface area (Å²) in [5.74, 6) is 2.00. The third-order valence-corrected chi connectivity index (χ3v) is 5.97. The van der Waals surface area contributed by atoms with Gasteiger partial charge in [0.1, 0.15) is 11.6 Å². The van der Waals surface area contributed by atoms with Crippen LogP contribution >= 0.6 is 0 Å². The van der Waals surface area contributed by atoms with Crippen molar-refractivity contribution in [3.8, 4) is 0 Å². The Bertz CT molecular complexity index is 652. The maximum atomic E-state index is 12.7. The summed E-state index contributed by atoms with van der Waals surface area (Å²) in [6.07, 6.45) is 8.31.